The van der Waals surface area contributed by atoms with Gasteiger partial charge in [0.05, 0.1) is 12.1 Å². The highest BCUT2D eigenvalue weighted by Crippen LogP contribution is 2.36. The molecule has 4 nitrogen and oxygen atoms in total. The molecule has 1 aliphatic rings. The second kappa shape index (κ2) is 4.48. The minimum atomic E-state index is -0.116. The fraction of sp³-hybridized carbons (Fsp3) is 0.200. The number of hydrogen-bond donors (Lipinski definition) is 4. The van der Waals surface area contributed by atoms with E-state index < -0.39 is 0 Å². The molecule has 0 spiro atoms. The molecule has 4 heteroatoms. The Hall–Kier alpha value is -2.20. The number of nitrogens with two attached hydrogens (primary N) is 1. The Morgan fingerprint density at radius 2 is 1.63 bits per heavy atom. The second-order valence-electron chi connectivity index (χ2n) is 4.85. The van der Waals surface area contributed by atoms with E-state index in [1.165, 1.54) is 0 Å². The minimum absolute atomic E-state index is 0.0450. The quantitative estimate of drug-likeness (QED) is 0.577. The predicted octanol–water partition coefficient (Wildman–Crippen LogP) is 1.01. The normalized spacial score (nSPS) is 18.0. The lowest BCUT2D eigenvalue weighted by Gasteiger charge is -2.25. The van der Waals surface area contributed by atoms with Gasteiger partial charge >= 0.3 is 0 Å². The summed E-state index contributed by atoms with van der Waals surface area (Å²) in [4.78, 5) is 0. The van der Waals surface area contributed by atoms with Crippen LogP contribution in [-0.2, 0) is 6.42 Å². The van der Waals surface area contributed by atoms with Crippen molar-refractivity contribution in [2.24, 2.45) is 0 Å². The van der Waals surface area contributed by atoms with Gasteiger partial charge in [0, 0.05) is 12.0 Å². The van der Waals surface area contributed by atoms with Gasteiger partial charge < -0.3 is 20.6 Å². The van der Waals surface area contributed by atoms with Crippen molar-refractivity contribution in [1.29, 1.82) is 0 Å². The number of phenols is 3. The maximum absolute atomic E-state index is 9.98. The van der Waals surface area contributed by atoms with E-state index in [2.05, 4.69) is 5.32 Å². The first-order valence-corrected chi connectivity index (χ1v) is 6.33. The molecule has 3 rings (SSSR count). The molecule has 2 aromatic rings. The molecule has 0 fully saturated rings. The Labute approximate surface area is 111 Å². The monoisotopic (exact) mass is 258 g/mol. The Bertz CT molecular complexity index is 625. The van der Waals surface area contributed by atoms with Gasteiger partial charge in [-0.2, -0.15) is 0 Å². The lowest BCUT2D eigenvalue weighted by atomic mass is 9.89. The molecule has 0 saturated carbocycles. The van der Waals surface area contributed by atoms with Gasteiger partial charge in [0.25, 0.3) is 0 Å². The molecule has 0 bridgehead atoms. The summed E-state index contributed by atoms with van der Waals surface area (Å²) in [5.74, 6) is 0.0512. The standard InChI is InChI=1S/C15H15NO3/c17-12-4-2-1-3-10(12)15-11-8-14(19)13(18)7-9(11)5-6-16-15/h1-4,7-8,15-19H,5-6H2/p+1/t15-/m0/s1. The third-order valence-electron chi connectivity index (χ3n) is 3.66. The number of rotatable bonds is 1. The number of benzene rings is 2. The Balaban J connectivity index is 2.13. The van der Waals surface area contributed by atoms with Crippen molar-refractivity contribution in [3.63, 3.8) is 0 Å². The number of fused-ring (bicyclic) bond motifs is 1. The average Bonchev–Trinajstić information content (AvgIpc) is 2.40. The Morgan fingerprint density at radius 3 is 2.42 bits per heavy atom. The van der Waals surface area contributed by atoms with Crippen molar-refractivity contribution in [2.45, 2.75) is 12.5 Å². The van der Waals surface area contributed by atoms with E-state index in [0.29, 0.717) is 0 Å². The SMILES string of the molecule is Oc1cc2c(cc1O)[C@H](c1ccccc1O)[NH2+]CC2. The lowest BCUT2D eigenvalue weighted by Crippen LogP contribution is -2.87. The highest BCUT2D eigenvalue weighted by atomic mass is 16.3. The molecule has 0 unspecified atom stereocenters. The van der Waals surface area contributed by atoms with E-state index in [9.17, 15) is 15.3 Å². The molecule has 19 heavy (non-hydrogen) atoms. The second-order valence-corrected chi connectivity index (χ2v) is 4.85. The molecule has 1 aliphatic heterocycles. The highest BCUT2D eigenvalue weighted by molar-refractivity contribution is 5.50. The molecule has 98 valence electrons. The van der Waals surface area contributed by atoms with Gasteiger partial charge in [-0.3, -0.25) is 0 Å². The van der Waals surface area contributed by atoms with Crippen LogP contribution in [0.5, 0.6) is 17.2 Å². The van der Waals surface area contributed by atoms with Crippen LogP contribution in [0.1, 0.15) is 22.7 Å². The highest BCUT2D eigenvalue weighted by Gasteiger charge is 2.28. The van der Waals surface area contributed by atoms with Gasteiger partial charge in [0.1, 0.15) is 11.8 Å². The van der Waals surface area contributed by atoms with E-state index in [0.717, 1.165) is 29.7 Å². The fourth-order valence-electron chi connectivity index (χ4n) is 2.72. The van der Waals surface area contributed by atoms with Crippen LogP contribution in [0.3, 0.4) is 0 Å². The number of hydrogen-bond acceptors (Lipinski definition) is 3. The summed E-state index contributed by atoms with van der Waals surface area (Å²) in [6.07, 6.45) is 0.841. The van der Waals surface area contributed by atoms with Gasteiger partial charge in [-0.25, -0.2) is 0 Å². The van der Waals surface area contributed by atoms with Crippen molar-refractivity contribution in [3.8, 4) is 17.2 Å². The molecule has 0 radical (unpaired) electrons. The third-order valence-corrected chi connectivity index (χ3v) is 3.66. The Morgan fingerprint density at radius 1 is 0.895 bits per heavy atom. The minimum Gasteiger partial charge on any atom is -0.507 e. The first-order chi connectivity index (χ1) is 9.16. The molecule has 0 amide bonds. The van der Waals surface area contributed by atoms with Crippen LogP contribution in [0.15, 0.2) is 36.4 Å². The number of phenolic OH excluding ortho intramolecular Hbond substituents is 3. The van der Waals surface area contributed by atoms with Crippen molar-refractivity contribution in [2.75, 3.05) is 6.54 Å². The summed E-state index contributed by atoms with van der Waals surface area (Å²) in [7, 11) is 0. The van der Waals surface area contributed by atoms with E-state index in [-0.39, 0.29) is 23.3 Å². The molecule has 1 atom stereocenters. The van der Waals surface area contributed by atoms with E-state index in [1.54, 1.807) is 24.3 Å². The summed E-state index contributed by atoms with van der Waals surface area (Å²) >= 11 is 0. The zero-order valence-corrected chi connectivity index (χ0v) is 10.4. The molecular weight excluding hydrogens is 242 g/mol. The van der Waals surface area contributed by atoms with Crippen LogP contribution >= 0.6 is 0 Å². The van der Waals surface area contributed by atoms with E-state index in [4.69, 9.17) is 0 Å². The average molecular weight is 258 g/mol. The smallest absolute Gasteiger partial charge is 0.157 e. The summed E-state index contributed by atoms with van der Waals surface area (Å²) in [6, 6.07) is 10.4. The van der Waals surface area contributed by atoms with E-state index in [1.807, 2.05) is 12.1 Å². The van der Waals surface area contributed by atoms with Gasteiger partial charge in [-0.1, -0.05) is 12.1 Å². The van der Waals surface area contributed by atoms with Crippen LogP contribution in [0.25, 0.3) is 0 Å². The van der Waals surface area contributed by atoms with Crippen LogP contribution in [0.2, 0.25) is 0 Å². The van der Waals surface area contributed by atoms with Gasteiger partial charge in [-0.05, 0) is 29.8 Å². The van der Waals surface area contributed by atoms with Gasteiger partial charge in [0.2, 0.25) is 0 Å². The first-order valence-electron chi connectivity index (χ1n) is 6.33. The molecule has 2 aromatic carbocycles. The lowest BCUT2D eigenvalue weighted by molar-refractivity contribution is -0.690. The summed E-state index contributed by atoms with van der Waals surface area (Å²) in [6.45, 7) is 0.885. The van der Waals surface area contributed by atoms with Crippen molar-refractivity contribution in [3.05, 3.63) is 53.1 Å². The molecule has 5 N–H and O–H groups in total. The molecule has 0 saturated heterocycles. The summed E-state index contributed by atoms with van der Waals surface area (Å²) in [5.41, 5.74) is 2.79. The molecular formula is C15H16NO3+. The van der Waals surface area contributed by atoms with Gasteiger partial charge in [-0.15, -0.1) is 0 Å². The number of quaternary nitrogens is 1. The molecule has 0 aromatic heterocycles. The van der Waals surface area contributed by atoms with Crippen molar-refractivity contribution >= 4 is 0 Å². The maximum atomic E-state index is 9.98. The Kier molecular flexibility index (Phi) is 2.80. The van der Waals surface area contributed by atoms with Gasteiger partial charge in [0.15, 0.2) is 11.5 Å². The zero-order valence-electron chi connectivity index (χ0n) is 10.4. The zero-order chi connectivity index (χ0) is 13.4. The van der Waals surface area contributed by atoms with Crippen LogP contribution in [0, 0.1) is 0 Å². The molecule has 1 heterocycles. The number of para-hydroxylation sites is 1. The maximum Gasteiger partial charge on any atom is 0.157 e. The van der Waals surface area contributed by atoms with Crippen LogP contribution < -0.4 is 5.32 Å². The third kappa shape index (κ3) is 2.00. The number of aromatic hydroxyl groups is 3. The van der Waals surface area contributed by atoms with Crippen molar-refractivity contribution < 1.29 is 20.6 Å². The largest absolute Gasteiger partial charge is 0.507 e. The summed E-state index contributed by atoms with van der Waals surface area (Å²) < 4.78 is 0. The van der Waals surface area contributed by atoms with Crippen molar-refractivity contribution in [1.82, 2.24) is 0 Å². The van der Waals surface area contributed by atoms with Crippen LogP contribution in [-0.4, -0.2) is 21.9 Å². The first kappa shape index (κ1) is 11.9. The van der Waals surface area contributed by atoms with Crippen LogP contribution in [0.4, 0.5) is 0 Å². The fourth-order valence-corrected chi connectivity index (χ4v) is 2.72. The van der Waals surface area contributed by atoms with E-state index >= 15 is 0 Å². The topological polar surface area (TPSA) is 77.3 Å². The predicted molar refractivity (Wildman–Crippen MR) is 70.2 cm³/mol. The molecule has 0 aliphatic carbocycles. The summed E-state index contributed by atoms with van der Waals surface area (Å²) in [5, 5.41) is 31.4.